The van der Waals surface area contributed by atoms with Crippen molar-refractivity contribution in [3.05, 3.63) is 105 Å². The Kier molecular flexibility index (Phi) is 8.24. The molecule has 1 aliphatic rings. The summed E-state index contributed by atoms with van der Waals surface area (Å²) in [4.78, 5) is 28.6. The third-order valence-electron chi connectivity index (χ3n) is 6.89. The molecule has 2 N–H and O–H groups in total. The van der Waals surface area contributed by atoms with E-state index in [1.807, 2.05) is 35.7 Å². The Labute approximate surface area is 232 Å². The van der Waals surface area contributed by atoms with Gasteiger partial charge < -0.3 is 20.1 Å². The smallest absolute Gasteiger partial charge is 0.265 e. The van der Waals surface area contributed by atoms with Gasteiger partial charge in [-0.15, -0.1) is 11.3 Å². The summed E-state index contributed by atoms with van der Waals surface area (Å²) in [5.74, 6) is 1.04. The average molecular weight is 542 g/mol. The van der Waals surface area contributed by atoms with Crippen LogP contribution in [0.2, 0.25) is 0 Å². The number of anilines is 2. The lowest BCUT2D eigenvalue weighted by Crippen LogP contribution is -2.32. The summed E-state index contributed by atoms with van der Waals surface area (Å²) in [6, 6.07) is 22.7. The minimum Gasteiger partial charge on any atom is -0.493 e. The normalized spacial score (nSPS) is 12.9. The van der Waals surface area contributed by atoms with Crippen LogP contribution in [-0.4, -0.2) is 44.0 Å². The molecule has 39 heavy (non-hydrogen) atoms. The molecule has 200 valence electrons. The number of methoxy groups -OCH3 is 2. The van der Waals surface area contributed by atoms with E-state index in [4.69, 9.17) is 9.47 Å². The van der Waals surface area contributed by atoms with Gasteiger partial charge in [0.25, 0.3) is 11.8 Å². The Morgan fingerprint density at radius 1 is 0.872 bits per heavy atom. The van der Waals surface area contributed by atoms with Crippen molar-refractivity contribution in [1.82, 2.24) is 4.90 Å². The molecule has 0 fully saturated rings. The first-order chi connectivity index (χ1) is 19.0. The number of benzene rings is 3. The van der Waals surface area contributed by atoms with Crippen LogP contribution in [0.15, 0.2) is 78.2 Å². The maximum absolute atomic E-state index is 13.0. The second kappa shape index (κ2) is 12.1. The quantitative estimate of drug-likeness (QED) is 0.277. The number of fused-ring (bicyclic) bond motifs is 1. The van der Waals surface area contributed by atoms with E-state index in [2.05, 4.69) is 27.7 Å². The highest BCUT2D eigenvalue weighted by molar-refractivity contribution is 7.12. The van der Waals surface area contributed by atoms with Crippen LogP contribution in [0.4, 0.5) is 11.4 Å². The molecule has 2 amide bonds. The summed E-state index contributed by atoms with van der Waals surface area (Å²) in [6.07, 6.45) is 1.89. The van der Waals surface area contributed by atoms with Crippen LogP contribution in [0.3, 0.4) is 0 Å². The molecule has 0 atom stereocenters. The number of carbonyl (C=O) groups is 2. The Hall–Kier alpha value is -4.14. The largest absolute Gasteiger partial charge is 0.493 e. The van der Waals surface area contributed by atoms with E-state index in [9.17, 15) is 9.59 Å². The minimum atomic E-state index is -0.274. The SMILES string of the molecule is COc1cc2c(cc1OC)CN(CCc1ccc(NC(=O)c3ccccc3NC(=O)c3cccs3)cc1)CC2. The van der Waals surface area contributed by atoms with Crippen molar-refractivity contribution in [3.63, 3.8) is 0 Å². The molecule has 1 aromatic heterocycles. The lowest BCUT2D eigenvalue weighted by Gasteiger charge is -2.29. The molecule has 0 saturated carbocycles. The number of thiophene rings is 1. The van der Waals surface area contributed by atoms with Crippen LogP contribution in [0.25, 0.3) is 0 Å². The van der Waals surface area contributed by atoms with Gasteiger partial charge >= 0.3 is 0 Å². The number of hydrogen-bond donors (Lipinski definition) is 2. The number of hydrogen-bond acceptors (Lipinski definition) is 6. The van der Waals surface area contributed by atoms with Crippen molar-refractivity contribution in [3.8, 4) is 11.5 Å². The summed E-state index contributed by atoms with van der Waals surface area (Å²) >= 11 is 1.36. The molecular formula is C31H31N3O4S. The fourth-order valence-electron chi connectivity index (χ4n) is 4.75. The fourth-order valence-corrected chi connectivity index (χ4v) is 5.37. The maximum Gasteiger partial charge on any atom is 0.265 e. The predicted octanol–water partition coefficient (Wildman–Crippen LogP) is 5.87. The van der Waals surface area contributed by atoms with Crippen molar-refractivity contribution in [1.29, 1.82) is 0 Å². The lowest BCUT2D eigenvalue weighted by atomic mass is 9.98. The standard InChI is InChI=1S/C31H31N3O4S/c1-37-27-18-22-14-16-34(20-23(22)19-28(27)38-2)15-13-21-9-11-24(12-10-21)32-30(35)25-6-3-4-7-26(25)33-31(36)29-8-5-17-39-29/h3-12,17-19H,13-16,20H2,1-2H3,(H,32,35)(H,33,36). The molecule has 0 aliphatic carbocycles. The zero-order valence-corrected chi connectivity index (χ0v) is 22.8. The number of carbonyl (C=O) groups excluding carboxylic acids is 2. The van der Waals surface area contributed by atoms with Gasteiger partial charge in [0.05, 0.1) is 30.3 Å². The van der Waals surface area contributed by atoms with E-state index in [1.165, 1.54) is 28.0 Å². The number of ether oxygens (including phenoxy) is 2. The third-order valence-corrected chi connectivity index (χ3v) is 7.76. The average Bonchev–Trinajstić information content (AvgIpc) is 3.52. The highest BCUT2D eigenvalue weighted by Gasteiger charge is 2.19. The third kappa shape index (κ3) is 6.30. The van der Waals surface area contributed by atoms with E-state index in [0.717, 1.165) is 44.0 Å². The van der Waals surface area contributed by atoms with Gasteiger partial charge in [0.2, 0.25) is 0 Å². The van der Waals surface area contributed by atoms with E-state index in [-0.39, 0.29) is 11.8 Å². The molecule has 0 unspecified atom stereocenters. The highest BCUT2D eigenvalue weighted by atomic mass is 32.1. The number of nitrogens with one attached hydrogen (secondary N) is 2. The molecule has 0 saturated heterocycles. The van der Waals surface area contributed by atoms with E-state index < -0.39 is 0 Å². The molecule has 5 rings (SSSR count). The number of rotatable bonds is 9. The van der Waals surface area contributed by atoms with Gasteiger partial charge in [-0.25, -0.2) is 0 Å². The van der Waals surface area contributed by atoms with Crippen LogP contribution in [0.1, 0.15) is 36.7 Å². The van der Waals surface area contributed by atoms with Crippen LogP contribution >= 0.6 is 11.3 Å². The molecule has 0 spiro atoms. The second-order valence-electron chi connectivity index (χ2n) is 9.38. The van der Waals surface area contributed by atoms with Gasteiger partial charge in [-0.3, -0.25) is 14.5 Å². The molecule has 4 aromatic rings. The molecule has 2 heterocycles. The molecule has 0 radical (unpaired) electrons. The molecule has 7 nitrogen and oxygen atoms in total. The Morgan fingerprint density at radius 3 is 2.33 bits per heavy atom. The lowest BCUT2D eigenvalue weighted by molar-refractivity contribution is 0.102. The Balaban J connectivity index is 1.17. The number of nitrogens with zero attached hydrogens (tertiary/aromatic N) is 1. The Bertz CT molecular complexity index is 1450. The molecule has 0 bridgehead atoms. The van der Waals surface area contributed by atoms with Gasteiger partial charge in [-0.1, -0.05) is 30.3 Å². The van der Waals surface area contributed by atoms with Crippen molar-refractivity contribution >= 4 is 34.5 Å². The molecular weight excluding hydrogens is 510 g/mol. The maximum atomic E-state index is 13.0. The monoisotopic (exact) mass is 541 g/mol. The fraction of sp³-hybridized carbons (Fsp3) is 0.226. The summed E-state index contributed by atoms with van der Waals surface area (Å²) in [7, 11) is 3.34. The first-order valence-electron chi connectivity index (χ1n) is 12.8. The Morgan fingerprint density at radius 2 is 1.62 bits per heavy atom. The molecule has 1 aliphatic heterocycles. The van der Waals surface area contributed by atoms with Gasteiger partial charge in [-0.2, -0.15) is 0 Å². The van der Waals surface area contributed by atoms with E-state index >= 15 is 0 Å². The van der Waals surface area contributed by atoms with Crippen molar-refractivity contribution < 1.29 is 19.1 Å². The van der Waals surface area contributed by atoms with Crippen LogP contribution in [0, 0.1) is 0 Å². The number of amides is 2. The van der Waals surface area contributed by atoms with E-state index in [0.29, 0.717) is 21.8 Å². The van der Waals surface area contributed by atoms with Gasteiger partial charge in [0.15, 0.2) is 11.5 Å². The molecule has 8 heteroatoms. The second-order valence-corrected chi connectivity index (χ2v) is 10.3. The van der Waals surface area contributed by atoms with Crippen LogP contribution in [0.5, 0.6) is 11.5 Å². The summed E-state index contributed by atoms with van der Waals surface area (Å²) < 4.78 is 10.9. The van der Waals surface area contributed by atoms with Gasteiger partial charge in [0, 0.05) is 25.3 Å². The highest BCUT2D eigenvalue weighted by Crippen LogP contribution is 2.33. The summed E-state index contributed by atoms with van der Waals surface area (Å²) in [5.41, 5.74) is 5.39. The topological polar surface area (TPSA) is 79.9 Å². The number of para-hydroxylation sites is 1. The summed E-state index contributed by atoms with van der Waals surface area (Å²) in [6.45, 7) is 2.82. The van der Waals surface area contributed by atoms with Crippen molar-refractivity contribution in [2.45, 2.75) is 19.4 Å². The first-order valence-corrected chi connectivity index (χ1v) is 13.7. The zero-order chi connectivity index (χ0) is 27.2. The van der Waals surface area contributed by atoms with Crippen molar-refractivity contribution in [2.24, 2.45) is 0 Å². The van der Waals surface area contributed by atoms with Crippen LogP contribution < -0.4 is 20.1 Å². The van der Waals surface area contributed by atoms with Crippen molar-refractivity contribution in [2.75, 3.05) is 37.9 Å². The molecule has 3 aromatic carbocycles. The zero-order valence-electron chi connectivity index (χ0n) is 22.0. The first kappa shape index (κ1) is 26.5. The predicted molar refractivity (Wildman–Crippen MR) is 155 cm³/mol. The van der Waals surface area contributed by atoms with E-state index in [1.54, 1.807) is 44.6 Å². The van der Waals surface area contributed by atoms with Crippen LogP contribution in [-0.2, 0) is 19.4 Å². The van der Waals surface area contributed by atoms with Gasteiger partial charge in [-0.05, 0) is 77.4 Å². The minimum absolute atomic E-state index is 0.231. The summed E-state index contributed by atoms with van der Waals surface area (Å²) in [5, 5.41) is 7.64. The van der Waals surface area contributed by atoms with Gasteiger partial charge in [0.1, 0.15) is 0 Å².